The number of anilines is 2. The molecule has 28 heavy (non-hydrogen) atoms. The summed E-state index contributed by atoms with van der Waals surface area (Å²) in [5.41, 5.74) is 3.44. The van der Waals surface area contributed by atoms with Crippen LogP contribution in [0.1, 0.15) is 16.1 Å². The number of pyridine rings is 2. The molecule has 4 rings (SSSR count). The Kier molecular flexibility index (Phi) is 5.01. The van der Waals surface area contributed by atoms with Crippen molar-refractivity contribution in [2.45, 2.75) is 6.42 Å². The first-order valence-corrected chi connectivity index (χ1v) is 9.16. The van der Waals surface area contributed by atoms with E-state index in [1.54, 1.807) is 12.3 Å². The van der Waals surface area contributed by atoms with Crippen LogP contribution in [0.4, 0.5) is 11.5 Å². The summed E-state index contributed by atoms with van der Waals surface area (Å²) in [6.07, 6.45) is 6.23. The zero-order valence-corrected chi connectivity index (χ0v) is 15.6. The average molecular weight is 371 g/mol. The predicted molar refractivity (Wildman–Crippen MR) is 110 cm³/mol. The van der Waals surface area contributed by atoms with Crippen molar-refractivity contribution in [2.75, 3.05) is 18.5 Å². The number of hydrogen-bond donors (Lipinski definition) is 1. The Morgan fingerprint density at radius 3 is 2.64 bits per heavy atom. The molecule has 0 saturated carbocycles. The summed E-state index contributed by atoms with van der Waals surface area (Å²) in [6, 6.07) is 19.5. The molecule has 0 spiro atoms. The first kappa shape index (κ1) is 17.7. The maximum Gasteiger partial charge on any atom is 0.252 e. The van der Waals surface area contributed by atoms with Crippen LogP contribution in [0.5, 0.6) is 0 Å². The quantitative estimate of drug-likeness (QED) is 0.564. The van der Waals surface area contributed by atoms with Gasteiger partial charge < -0.3 is 14.6 Å². The summed E-state index contributed by atoms with van der Waals surface area (Å²) >= 11 is 0. The van der Waals surface area contributed by atoms with Crippen molar-refractivity contribution in [3.63, 3.8) is 0 Å². The lowest BCUT2D eigenvalue weighted by Gasteiger charge is -2.18. The molecule has 0 aliphatic heterocycles. The Labute approximate surface area is 163 Å². The summed E-state index contributed by atoms with van der Waals surface area (Å²) in [6.45, 7) is 0.522. The number of carbonyl (C=O) groups excluding carboxylic acids is 1. The summed E-state index contributed by atoms with van der Waals surface area (Å²) in [5, 5.41) is 2.93. The first-order valence-electron chi connectivity index (χ1n) is 9.16. The Bertz CT molecular complexity index is 1040. The Morgan fingerprint density at radius 1 is 1.07 bits per heavy atom. The van der Waals surface area contributed by atoms with Gasteiger partial charge in [0.1, 0.15) is 11.5 Å². The minimum Gasteiger partial charge on any atom is -0.352 e. The molecule has 0 saturated heterocycles. The molecule has 0 bridgehead atoms. The van der Waals surface area contributed by atoms with Gasteiger partial charge >= 0.3 is 0 Å². The maximum absolute atomic E-state index is 12.4. The van der Waals surface area contributed by atoms with Crippen LogP contribution in [0.2, 0.25) is 0 Å². The van der Waals surface area contributed by atoms with Gasteiger partial charge in [0.15, 0.2) is 0 Å². The van der Waals surface area contributed by atoms with Gasteiger partial charge in [-0.1, -0.05) is 24.3 Å². The molecule has 0 atom stereocenters. The van der Waals surface area contributed by atoms with Crippen LogP contribution < -0.4 is 10.2 Å². The third kappa shape index (κ3) is 3.86. The maximum atomic E-state index is 12.4. The van der Waals surface area contributed by atoms with E-state index >= 15 is 0 Å². The van der Waals surface area contributed by atoms with Gasteiger partial charge in [-0.05, 0) is 36.4 Å². The Balaban J connectivity index is 1.34. The zero-order valence-electron chi connectivity index (χ0n) is 15.6. The zero-order chi connectivity index (χ0) is 19.3. The molecule has 6 nitrogen and oxygen atoms in total. The highest BCUT2D eigenvalue weighted by molar-refractivity contribution is 5.94. The highest BCUT2D eigenvalue weighted by atomic mass is 16.1. The van der Waals surface area contributed by atoms with Gasteiger partial charge in [-0.15, -0.1) is 0 Å². The monoisotopic (exact) mass is 371 g/mol. The van der Waals surface area contributed by atoms with E-state index in [9.17, 15) is 4.79 Å². The van der Waals surface area contributed by atoms with Crippen molar-refractivity contribution in [3.05, 3.63) is 90.5 Å². The molecule has 0 aliphatic carbocycles. The fourth-order valence-electron chi connectivity index (χ4n) is 3.02. The smallest absolute Gasteiger partial charge is 0.252 e. The van der Waals surface area contributed by atoms with E-state index in [0.29, 0.717) is 18.5 Å². The fraction of sp³-hybridized carbons (Fsp3) is 0.136. The number of carbonyl (C=O) groups is 1. The van der Waals surface area contributed by atoms with Crippen LogP contribution in [0.3, 0.4) is 0 Å². The fourth-order valence-corrected chi connectivity index (χ4v) is 3.02. The number of imidazole rings is 1. The SMILES string of the molecule is CN(c1ccccc1)c1ccc(C(=O)NCCc2cn3ccccc3n2)cn1. The van der Waals surface area contributed by atoms with Gasteiger partial charge in [0.2, 0.25) is 0 Å². The van der Waals surface area contributed by atoms with Crippen LogP contribution in [-0.2, 0) is 6.42 Å². The van der Waals surface area contributed by atoms with E-state index in [4.69, 9.17) is 0 Å². The molecule has 0 radical (unpaired) electrons. The van der Waals surface area contributed by atoms with Gasteiger partial charge in [0.25, 0.3) is 5.91 Å². The van der Waals surface area contributed by atoms with Crippen molar-refractivity contribution < 1.29 is 4.79 Å². The molecule has 4 aromatic rings. The normalized spacial score (nSPS) is 10.8. The van der Waals surface area contributed by atoms with Gasteiger partial charge in [-0.25, -0.2) is 9.97 Å². The van der Waals surface area contributed by atoms with E-state index in [-0.39, 0.29) is 5.91 Å². The number of rotatable bonds is 6. The third-order valence-corrected chi connectivity index (χ3v) is 4.58. The summed E-state index contributed by atoms with van der Waals surface area (Å²) in [4.78, 5) is 23.3. The number of nitrogens with zero attached hydrogens (tertiary/aromatic N) is 4. The number of aromatic nitrogens is 3. The van der Waals surface area contributed by atoms with Crippen molar-refractivity contribution in [2.24, 2.45) is 0 Å². The van der Waals surface area contributed by atoms with Gasteiger partial charge in [0.05, 0.1) is 11.3 Å². The molecule has 0 aliphatic rings. The lowest BCUT2D eigenvalue weighted by molar-refractivity contribution is 0.0953. The van der Waals surface area contributed by atoms with E-state index in [1.807, 2.05) is 83.3 Å². The molecular weight excluding hydrogens is 350 g/mol. The molecule has 6 heteroatoms. The van der Waals surface area contributed by atoms with Gasteiger partial charge in [-0.2, -0.15) is 0 Å². The van der Waals surface area contributed by atoms with E-state index < -0.39 is 0 Å². The number of para-hydroxylation sites is 1. The Hall–Kier alpha value is -3.67. The minimum absolute atomic E-state index is 0.134. The van der Waals surface area contributed by atoms with Crippen molar-refractivity contribution >= 4 is 23.1 Å². The molecule has 1 aromatic carbocycles. The molecule has 3 heterocycles. The summed E-state index contributed by atoms with van der Waals surface area (Å²) < 4.78 is 1.98. The molecule has 3 aromatic heterocycles. The summed E-state index contributed by atoms with van der Waals surface area (Å²) in [7, 11) is 1.95. The highest BCUT2D eigenvalue weighted by Gasteiger charge is 2.09. The molecular formula is C22H21N5O. The lowest BCUT2D eigenvalue weighted by atomic mass is 10.2. The number of benzene rings is 1. The van der Waals surface area contributed by atoms with E-state index in [0.717, 1.165) is 22.8 Å². The first-order chi connectivity index (χ1) is 13.7. The van der Waals surface area contributed by atoms with E-state index in [1.165, 1.54) is 0 Å². The topological polar surface area (TPSA) is 62.5 Å². The minimum atomic E-state index is -0.134. The van der Waals surface area contributed by atoms with Crippen molar-refractivity contribution in [3.8, 4) is 0 Å². The molecule has 0 unspecified atom stereocenters. The van der Waals surface area contributed by atoms with Gasteiger partial charge in [0, 0.05) is 44.3 Å². The van der Waals surface area contributed by atoms with Crippen LogP contribution in [0, 0.1) is 0 Å². The number of amides is 1. The Morgan fingerprint density at radius 2 is 1.89 bits per heavy atom. The van der Waals surface area contributed by atoms with Crippen molar-refractivity contribution in [1.29, 1.82) is 0 Å². The average Bonchev–Trinajstić information content (AvgIpc) is 3.16. The standard InChI is InChI=1S/C22H21N5O/c1-26(19-7-3-2-4-8-19)20-11-10-17(15-24-20)22(28)23-13-12-18-16-27-14-6-5-9-21(27)25-18/h2-11,14-16H,12-13H2,1H3,(H,23,28). The van der Waals surface area contributed by atoms with Crippen molar-refractivity contribution in [1.82, 2.24) is 19.7 Å². The predicted octanol–water partition coefficient (Wildman–Crippen LogP) is 3.47. The third-order valence-electron chi connectivity index (χ3n) is 4.58. The molecule has 1 amide bonds. The van der Waals surface area contributed by atoms with E-state index in [2.05, 4.69) is 15.3 Å². The molecule has 1 N–H and O–H groups in total. The number of fused-ring (bicyclic) bond motifs is 1. The second kappa shape index (κ2) is 7.92. The van der Waals surface area contributed by atoms with Crippen LogP contribution in [-0.4, -0.2) is 33.9 Å². The van der Waals surface area contributed by atoms with Gasteiger partial charge in [-0.3, -0.25) is 4.79 Å². The summed E-state index contributed by atoms with van der Waals surface area (Å²) in [5.74, 6) is 0.651. The second-order valence-electron chi connectivity index (χ2n) is 6.50. The molecule has 140 valence electrons. The highest BCUT2D eigenvalue weighted by Crippen LogP contribution is 2.20. The van der Waals surface area contributed by atoms with Crippen LogP contribution in [0.25, 0.3) is 5.65 Å². The van der Waals surface area contributed by atoms with Crippen LogP contribution >= 0.6 is 0 Å². The number of hydrogen-bond acceptors (Lipinski definition) is 4. The molecule has 0 fully saturated rings. The lowest BCUT2D eigenvalue weighted by Crippen LogP contribution is -2.26. The largest absolute Gasteiger partial charge is 0.352 e. The second-order valence-corrected chi connectivity index (χ2v) is 6.50. The van der Waals surface area contributed by atoms with Crippen LogP contribution in [0.15, 0.2) is 79.3 Å². The number of nitrogens with one attached hydrogen (secondary N) is 1.